The van der Waals surface area contributed by atoms with Gasteiger partial charge in [-0.15, -0.1) is 11.3 Å². The van der Waals surface area contributed by atoms with Gasteiger partial charge in [0.2, 0.25) is 0 Å². The second-order valence-electron chi connectivity index (χ2n) is 4.87. The molecular weight excluding hydrogens is 336 g/mol. The number of rotatable bonds is 6. The zero-order valence-corrected chi connectivity index (χ0v) is 14.0. The van der Waals surface area contributed by atoms with Crippen LogP contribution in [0.1, 0.15) is 16.5 Å². The van der Waals surface area contributed by atoms with Crippen molar-refractivity contribution in [2.24, 2.45) is 0 Å². The van der Waals surface area contributed by atoms with Gasteiger partial charge < -0.3 is 15.3 Å². The topological polar surface area (TPSA) is 35.5 Å². The number of para-hydroxylation sites is 1. The Bertz CT molecular complexity index is 543. The van der Waals surface area contributed by atoms with Crippen molar-refractivity contribution in [1.29, 1.82) is 0 Å². The molecule has 5 heteroatoms. The predicted molar refractivity (Wildman–Crippen MR) is 88.3 cm³/mol. The first-order valence-corrected chi connectivity index (χ1v) is 8.13. The summed E-state index contributed by atoms with van der Waals surface area (Å²) >= 11 is 5.11. The summed E-state index contributed by atoms with van der Waals surface area (Å²) in [4.78, 5) is 3.56. The van der Waals surface area contributed by atoms with Crippen LogP contribution in [0.3, 0.4) is 0 Å². The minimum atomic E-state index is 0.317. The summed E-state index contributed by atoms with van der Waals surface area (Å²) in [5.74, 6) is 0.317. The van der Waals surface area contributed by atoms with Crippen molar-refractivity contribution >= 4 is 27.3 Å². The molecule has 20 heavy (non-hydrogen) atoms. The Balaban J connectivity index is 1.96. The fraction of sp³-hybridized carbons (Fsp3) is 0.333. The van der Waals surface area contributed by atoms with E-state index in [1.165, 1.54) is 4.88 Å². The molecule has 0 spiro atoms. The van der Waals surface area contributed by atoms with Gasteiger partial charge >= 0.3 is 0 Å². The summed E-state index contributed by atoms with van der Waals surface area (Å²) in [5.41, 5.74) is 0.906. The van der Waals surface area contributed by atoms with E-state index >= 15 is 0 Å². The molecule has 0 saturated carbocycles. The number of phenolic OH excluding ortho intramolecular Hbond substituents is 1. The number of likely N-dealkylation sites (N-methyl/N-ethyl adjacent to an activating group) is 1. The standard InChI is InChI=1S/C15H19BrN2OS/c1-18(2)13(14-7-4-8-20-14)10-17-9-11-5-3-6-12(16)15(11)19/h3-8,13,17,19H,9-10H2,1-2H3. The summed E-state index contributed by atoms with van der Waals surface area (Å²) in [6.07, 6.45) is 0. The highest BCUT2D eigenvalue weighted by Crippen LogP contribution is 2.27. The average Bonchev–Trinajstić information content (AvgIpc) is 2.92. The van der Waals surface area contributed by atoms with Gasteiger partial charge in [-0.2, -0.15) is 0 Å². The lowest BCUT2D eigenvalue weighted by Crippen LogP contribution is -2.30. The number of benzene rings is 1. The zero-order chi connectivity index (χ0) is 14.5. The van der Waals surface area contributed by atoms with Crippen molar-refractivity contribution in [3.63, 3.8) is 0 Å². The first-order chi connectivity index (χ1) is 9.59. The Labute approximate surface area is 132 Å². The van der Waals surface area contributed by atoms with E-state index in [2.05, 4.69) is 57.8 Å². The van der Waals surface area contributed by atoms with Crippen LogP contribution in [0.25, 0.3) is 0 Å². The number of hydrogen-bond acceptors (Lipinski definition) is 4. The zero-order valence-electron chi connectivity index (χ0n) is 11.6. The molecule has 108 valence electrons. The second-order valence-corrected chi connectivity index (χ2v) is 6.71. The molecule has 0 bridgehead atoms. The van der Waals surface area contributed by atoms with Crippen LogP contribution in [0.4, 0.5) is 0 Å². The van der Waals surface area contributed by atoms with Gasteiger partial charge in [0, 0.05) is 23.5 Å². The maximum atomic E-state index is 9.96. The molecule has 2 rings (SSSR count). The summed E-state index contributed by atoms with van der Waals surface area (Å²) in [6, 6.07) is 10.3. The molecule has 0 amide bonds. The largest absolute Gasteiger partial charge is 0.506 e. The number of hydrogen-bond donors (Lipinski definition) is 2. The van der Waals surface area contributed by atoms with Gasteiger partial charge in [-0.25, -0.2) is 0 Å². The third-order valence-corrected chi connectivity index (χ3v) is 4.83. The molecule has 1 aromatic heterocycles. The van der Waals surface area contributed by atoms with E-state index in [0.29, 0.717) is 18.3 Å². The Morgan fingerprint density at radius 2 is 2.10 bits per heavy atom. The smallest absolute Gasteiger partial charge is 0.134 e. The summed E-state index contributed by atoms with van der Waals surface area (Å²) in [7, 11) is 4.17. The monoisotopic (exact) mass is 354 g/mol. The minimum Gasteiger partial charge on any atom is -0.506 e. The van der Waals surface area contributed by atoms with Gasteiger partial charge in [0.25, 0.3) is 0 Å². The molecule has 0 aliphatic carbocycles. The highest BCUT2D eigenvalue weighted by molar-refractivity contribution is 9.10. The molecule has 0 aliphatic rings. The normalized spacial score (nSPS) is 12.8. The van der Waals surface area contributed by atoms with E-state index in [9.17, 15) is 5.11 Å². The van der Waals surface area contributed by atoms with Crippen molar-refractivity contribution in [3.8, 4) is 5.75 Å². The van der Waals surface area contributed by atoms with E-state index in [1.54, 1.807) is 11.3 Å². The third kappa shape index (κ3) is 3.82. The Kier molecular flexibility index (Phi) is 5.60. The van der Waals surface area contributed by atoms with Crippen LogP contribution in [-0.4, -0.2) is 30.6 Å². The molecule has 0 aliphatic heterocycles. The van der Waals surface area contributed by atoms with Crippen molar-refractivity contribution in [2.75, 3.05) is 20.6 Å². The molecule has 2 aromatic rings. The van der Waals surface area contributed by atoms with Gasteiger partial charge in [-0.3, -0.25) is 0 Å². The first-order valence-electron chi connectivity index (χ1n) is 6.46. The molecule has 1 aromatic carbocycles. The van der Waals surface area contributed by atoms with Crippen LogP contribution in [0.15, 0.2) is 40.2 Å². The van der Waals surface area contributed by atoms with Crippen molar-refractivity contribution in [2.45, 2.75) is 12.6 Å². The van der Waals surface area contributed by atoms with Gasteiger partial charge in [-0.05, 0) is 47.5 Å². The minimum absolute atomic E-state index is 0.317. The molecule has 1 unspecified atom stereocenters. The number of aromatic hydroxyl groups is 1. The molecule has 1 heterocycles. The second kappa shape index (κ2) is 7.22. The fourth-order valence-electron chi connectivity index (χ4n) is 2.06. The van der Waals surface area contributed by atoms with E-state index in [4.69, 9.17) is 0 Å². The van der Waals surface area contributed by atoms with Crippen LogP contribution in [0.2, 0.25) is 0 Å². The number of thiophene rings is 1. The molecule has 1 atom stereocenters. The maximum Gasteiger partial charge on any atom is 0.134 e. The molecule has 0 radical (unpaired) electrons. The molecular formula is C15H19BrN2OS. The van der Waals surface area contributed by atoms with E-state index in [1.807, 2.05) is 18.2 Å². The number of nitrogens with zero attached hydrogens (tertiary/aromatic N) is 1. The van der Waals surface area contributed by atoms with Crippen LogP contribution in [-0.2, 0) is 6.54 Å². The highest BCUT2D eigenvalue weighted by Gasteiger charge is 2.14. The lowest BCUT2D eigenvalue weighted by Gasteiger charge is -2.23. The fourth-order valence-corrected chi connectivity index (χ4v) is 3.39. The van der Waals surface area contributed by atoms with Crippen molar-refractivity contribution in [1.82, 2.24) is 10.2 Å². The predicted octanol–water partition coefficient (Wildman–Crippen LogP) is 3.61. The molecule has 0 fully saturated rings. The highest BCUT2D eigenvalue weighted by atomic mass is 79.9. The number of phenols is 1. The van der Waals surface area contributed by atoms with Crippen LogP contribution < -0.4 is 5.32 Å². The molecule has 0 saturated heterocycles. The lowest BCUT2D eigenvalue weighted by molar-refractivity contribution is 0.292. The van der Waals surface area contributed by atoms with Gasteiger partial charge in [0.15, 0.2) is 0 Å². The van der Waals surface area contributed by atoms with Crippen molar-refractivity contribution < 1.29 is 5.11 Å². The average molecular weight is 355 g/mol. The van der Waals surface area contributed by atoms with E-state index in [-0.39, 0.29) is 0 Å². The third-order valence-electron chi connectivity index (χ3n) is 3.22. The summed E-state index contributed by atoms with van der Waals surface area (Å²) in [5, 5.41) is 15.5. The quantitative estimate of drug-likeness (QED) is 0.831. The Morgan fingerprint density at radius 3 is 2.75 bits per heavy atom. The van der Waals surface area contributed by atoms with Gasteiger partial charge in [0.1, 0.15) is 5.75 Å². The molecule has 3 nitrogen and oxygen atoms in total. The van der Waals surface area contributed by atoms with Gasteiger partial charge in [0.05, 0.1) is 10.5 Å². The molecule has 2 N–H and O–H groups in total. The number of halogens is 1. The van der Waals surface area contributed by atoms with E-state index in [0.717, 1.165) is 16.6 Å². The number of nitrogens with one attached hydrogen (secondary N) is 1. The van der Waals surface area contributed by atoms with E-state index < -0.39 is 0 Å². The van der Waals surface area contributed by atoms with Crippen LogP contribution in [0, 0.1) is 0 Å². The van der Waals surface area contributed by atoms with Gasteiger partial charge in [-0.1, -0.05) is 18.2 Å². The lowest BCUT2D eigenvalue weighted by atomic mass is 10.2. The Morgan fingerprint density at radius 1 is 1.30 bits per heavy atom. The van der Waals surface area contributed by atoms with Crippen LogP contribution >= 0.6 is 27.3 Å². The summed E-state index contributed by atoms with van der Waals surface area (Å²) < 4.78 is 0.735. The van der Waals surface area contributed by atoms with Crippen LogP contribution in [0.5, 0.6) is 5.75 Å². The summed E-state index contributed by atoms with van der Waals surface area (Å²) in [6.45, 7) is 1.50. The first kappa shape index (κ1) is 15.5. The van der Waals surface area contributed by atoms with Crippen molar-refractivity contribution in [3.05, 3.63) is 50.6 Å². The SMILES string of the molecule is CN(C)C(CNCc1cccc(Br)c1O)c1cccs1. The Hall–Kier alpha value is -0.880. The maximum absolute atomic E-state index is 9.96.